The molecule has 0 saturated heterocycles. The highest BCUT2D eigenvalue weighted by atomic mass is 35.5. The third-order valence-corrected chi connectivity index (χ3v) is 3.10. The van der Waals surface area contributed by atoms with Crippen LogP contribution in [0, 0.1) is 0 Å². The van der Waals surface area contributed by atoms with Crippen LogP contribution in [0.15, 0.2) is 0 Å². The zero-order chi connectivity index (χ0) is 13.7. The van der Waals surface area contributed by atoms with Gasteiger partial charge in [-0.3, -0.25) is 0 Å². The number of rotatable bonds is 8. The Morgan fingerprint density at radius 1 is 0.706 bits per heavy atom. The van der Waals surface area contributed by atoms with Gasteiger partial charge in [-0.2, -0.15) is 0 Å². The van der Waals surface area contributed by atoms with Gasteiger partial charge in [-0.05, 0) is 0 Å². The number of hydrogen-bond acceptors (Lipinski definition) is 5. The fourth-order valence-electron chi connectivity index (χ4n) is 0.849. The molecule has 0 aliphatic carbocycles. The molecule has 5 nitrogen and oxygen atoms in total. The maximum Gasteiger partial charge on any atom is 0.269 e. The van der Waals surface area contributed by atoms with E-state index in [1.54, 1.807) is 0 Å². The maximum atomic E-state index is 5.79. The lowest BCUT2D eigenvalue weighted by atomic mass is 10.6. The van der Waals surface area contributed by atoms with E-state index in [0.29, 0.717) is 0 Å². The third-order valence-electron chi connectivity index (χ3n) is 1.77. The molecule has 0 fully saturated rings. The molecule has 0 spiro atoms. The first-order chi connectivity index (χ1) is 7.75. The summed E-state index contributed by atoms with van der Waals surface area (Å²) in [7, 11) is 5.18. The van der Waals surface area contributed by atoms with Gasteiger partial charge in [0.15, 0.2) is 0 Å². The summed E-state index contributed by atoms with van der Waals surface area (Å²) in [5.41, 5.74) is 0. The van der Waals surface area contributed by atoms with Crippen LogP contribution >= 0.6 is 46.4 Å². The van der Waals surface area contributed by atoms with E-state index in [0.717, 1.165) is 0 Å². The van der Waals surface area contributed by atoms with E-state index in [1.807, 2.05) is 0 Å². The minimum Gasteiger partial charge on any atom is -0.351 e. The number of alkyl halides is 4. The Bertz CT molecular complexity index is 204. The number of ether oxygens (including phenoxy) is 5. The van der Waals surface area contributed by atoms with Crippen molar-refractivity contribution in [1.82, 2.24) is 0 Å². The van der Waals surface area contributed by atoms with Gasteiger partial charge in [0.05, 0.1) is 0 Å². The lowest BCUT2D eigenvalue weighted by molar-refractivity contribution is -0.279. The van der Waals surface area contributed by atoms with Crippen LogP contribution in [-0.2, 0) is 23.7 Å². The summed E-state index contributed by atoms with van der Waals surface area (Å²) in [4.78, 5) is 0. The first-order valence-corrected chi connectivity index (χ1v) is 5.83. The first kappa shape index (κ1) is 18.0. The number of methoxy groups -OCH3 is 4. The smallest absolute Gasteiger partial charge is 0.269 e. The van der Waals surface area contributed by atoms with E-state index in [9.17, 15) is 0 Å². The predicted octanol–water partition coefficient (Wildman–Crippen LogP) is 2.50. The molecule has 2 unspecified atom stereocenters. The van der Waals surface area contributed by atoms with Gasteiger partial charge < -0.3 is 23.7 Å². The van der Waals surface area contributed by atoms with Crippen LogP contribution in [0.2, 0.25) is 0 Å². The summed E-state index contributed by atoms with van der Waals surface area (Å²) in [5, 5.41) is 0. The summed E-state index contributed by atoms with van der Waals surface area (Å²) in [6, 6.07) is 0. The van der Waals surface area contributed by atoms with Crippen molar-refractivity contribution in [1.29, 1.82) is 0 Å². The first-order valence-electron chi connectivity index (χ1n) is 4.32. The van der Waals surface area contributed by atoms with E-state index in [1.165, 1.54) is 28.4 Å². The molecule has 0 bridgehead atoms. The molecular formula is C8H14Cl4O5. The fourth-order valence-corrected chi connectivity index (χ4v) is 1.41. The monoisotopic (exact) mass is 330 g/mol. The van der Waals surface area contributed by atoms with Gasteiger partial charge in [-0.1, -0.05) is 46.4 Å². The fraction of sp³-hybridized carbons (Fsp3) is 1.00. The number of halogens is 4. The van der Waals surface area contributed by atoms with Gasteiger partial charge in [-0.25, -0.2) is 0 Å². The zero-order valence-corrected chi connectivity index (χ0v) is 12.7. The van der Waals surface area contributed by atoms with Crippen molar-refractivity contribution < 1.29 is 23.7 Å². The molecule has 0 saturated carbocycles. The molecule has 0 aliphatic heterocycles. The Kier molecular flexibility index (Phi) is 7.95. The van der Waals surface area contributed by atoms with Crippen molar-refractivity contribution in [2.75, 3.05) is 28.4 Å². The summed E-state index contributed by atoms with van der Waals surface area (Å²) in [6.07, 6.45) is -2.37. The van der Waals surface area contributed by atoms with Gasteiger partial charge >= 0.3 is 0 Å². The summed E-state index contributed by atoms with van der Waals surface area (Å²) < 4.78 is 21.1. The molecule has 0 N–H and O–H groups in total. The summed E-state index contributed by atoms with van der Waals surface area (Å²) in [6.45, 7) is 0. The average Bonchev–Trinajstić information content (AvgIpc) is 2.29. The molecule has 0 rings (SSSR count). The molecule has 0 radical (unpaired) electrons. The van der Waals surface area contributed by atoms with E-state index in [2.05, 4.69) is 0 Å². The van der Waals surface area contributed by atoms with E-state index in [4.69, 9.17) is 70.1 Å². The van der Waals surface area contributed by atoms with Crippen LogP contribution in [0.4, 0.5) is 0 Å². The van der Waals surface area contributed by atoms with Gasteiger partial charge in [0.1, 0.15) is 0 Å². The summed E-state index contributed by atoms with van der Waals surface area (Å²) >= 11 is 23.2. The molecule has 9 heteroatoms. The molecule has 104 valence electrons. The molecule has 0 aliphatic rings. The van der Waals surface area contributed by atoms with E-state index < -0.39 is 21.6 Å². The minimum atomic E-state index is -1.75. The Morgan fingerprint density at radius 2 is 1.00 bits per heavy atom. The lowest BCUT2D eigenvalue weighted by Crippen LogP contribution is -2.46. The number of hydrogen-bond donors (Lipinski definition) is 0. The molecular weight excluding hydrogens is 318 g/mol. The van der Waals surface area contributed by atoms with E-state index in [-0.39, 0.29) is 0 Å². The SMILES string of the molecule is COC(OC(OC)C(Cl)(Cl)OC)C(Cl)(Cl)OC. The van der Waals surface area contributed by atoms with E-state index >= 15 is 0 Å². The molecule has 0 amide bonds. The Morgan fingerprint density at radius 3 is 1.18 bits per heavy atom. The highest BCUT2D eigenvalue weighted by Crippen LogP contribution is 2.35. The van der Waals surface area contributed by atoms with Gasteiger partial charge in [-0.15, -0.1) is 0 Å². The van der Waals surface area contributed by atoms with Gasteiger partial charge in [0.25, 0.3) is 9.04 Å². The van der Waals surface area contributed by atoms with Gasteiger partial charge in [0, 0.05) is 28.4 Å². The van der Waals surface area contributed by atoms with Crippen molar-refractivity contribution in [2.24, 2.45) is 0 Å². The second kappa shape index (κ2) is 7.53. The zero-order valence-electron chi connectivity index (χ0n) is 9.71. The van der Waals surface area contributed by atoms with Crippen LogP contribution in [0.1, 0.15) is 0 Å². The Balaban J connectivity index is 4.75. The molecule has 17 heavy (non-hydrogen) atoms. The molecule has 0 heterocycles. The molecule has 2 atom stereocenters. The third kappa shape index (κ3) is 5.22. The van der Waals surface area contributed by atoms with Crippen molar-refractivity contribution in [3.05, 3.63) is 0 Å². The molecule has 0 aromatic heterocycles. The minimum absolute atomic E-state index is 1.19. The highest BCUT2D eigenvalue weighted by Gasteiger charge is 2.44. The van der Waals surface area contributed by atoms with Crippen molar-refractivity contribution in [2.45, 2.75) is 21.6 Å². The second-order valence-corrected chi connectivity index (χ2v) is 5.44. The quantitative estimate of drug-likeness (QED) is 0.505. The van der Waals surface area contributed by atoms with Crippen molar-refractivity contribution in [3.8, 4) is 0 Å². The van der Waals surface area contributed by atoms with Gasteiger partial charge in [0.2, 0.25) is 12.6 Å². The van der Waals surface area contributed by atoms with Crippen LogP contribution in [0.5, 0.6) is 0 Å². The average molecular weight is 332 g/mol. The van der Waals surface area contributed by atoms with Crippen molar-refractivity contribution in [3.63, 3.8) is 0 Å². The lowest BCUT2D eigenvalue weighted by Gasteiger charge is -2.33. The largest absolute Gasteiger partial charge is 0.351 e. The van der Waals surface area contributed by atoms with Crippen LogP contribution in [0.3, 0.4) is 0 Å². The molecule has 0 aromatic carbocycles. The van der Waals surface area contributed by atoms with Crippen LogP contribution < -0.4 is 0 Å². The maximum absolute atomic E-state index is 5.79. The Labute approximate surface area is 120 Å². The topological polar surface area (TPSA) is 46.2 Å². The second-order valence-electron chi connectivity index (χ2n) is 2.80. The normalized spacial score (nSPS) is 16.9. The van der Waals surface area contributed by atoms with Crippen LogP contribution in [-0.4, -0.2) is 50.1 Å². The van der Waals surface area contributed by atoms with Crippen LogP contribution in [0.25, 0.3) is 0 Å². The standard InChI is InChI=1S/C8H14Cl4O5/c1-13-5(7(9,10)15-3)17-6(14-2)8(11,12)16-4/h5-6H,1-4H3. The van der Waals surface area contributed by atoms with Crippen molar-refractivity contribution >= 4 is 46.4 Å². The molecule has 0 aromatic rings. The Hall–Kier alpha value is 0.960. The predicted molar refractivity (Wildman–Crippen MR) is 65.6 cm³/mol. The highest BCUT2D eigenvalue weighted by molar-refractivity contribution is 6.48. The summed E-state index contributed by atoms with van der Waals surface area (Å²) in [5.74, 6) is 0.